The minimum absolute atomic E-state index is 0.172. The predicted molar refractivity (Wildman–Crippen MR) is 92.1 cm³/mol. The van der Waals surface area contributed by atoms with Crippen molar-refractivity contribution >= 4 is 46.0 Å². The Kier molecular flexibility index (Phi) is 4.40. The second-order valence-corrected chi connectivity index (χ2v) is 6.62. The maximum absolute atomic E-state index is 12.3. The Morgan fingerprint density at radius 3 is 2.87 bits per heavy atom. The number of carbonyl (C=O) groups excluding carboxylic acids is 1. The van der Waals surface area contributed by atoms with Crippen LogP contribution in [0.15, 0.2) is 46.3 Å². The van der Waals surface area contributed by atoms with Crippen LogP contribution in [0.3, 0.4) is 0 Å². The molecule has 3 N–H and O–H groups in total. The summed E-state index contributed by atoms with van der Waals surface area (Å²) in [6, 6.07) is 8.64. The molecule has 1 aromatic carbocycles. The van der Waals surface area contributed by atoms with Crippen molar-refractivity contribution in [3.63, 3.8) is 0 Å². The zero-order chi connectivity index (χ0) is 16.4. The highest BCUT2D eigenvalue weighted by molar-refractivity contribution is 8.00. The molecule has 6 nitrogen and oxygen atoms in total. The molecule has 1 atom stereocenters. The molecule has 3 rings (SSSR count). The predicted octanol–water partition coefficient (Wildman–Crippen LogP) is 3.02. The van der Waals surface area contributed by atoms with Gasteiger partial charge in [0.1, 0.15) is 5.03 Å². The highest BCUT2D eigenvalue weighted by Gasteiger charge is 2.17. The van der Waals surface area contributed by atoms with Gasteiger partial charge in [-0.2, -0.15) is 0 Å². The molecule has 2 aromatic heterocycles. The second kappa shape index (κ2) is 6.47. The summed E-state index contributed by atoms with van der Waals surface area (Å²) in [5, 5.41) is 3.57. The van der Waals surface area contributed by atoms with Gasteiger partial charge in [-0.1, -0.05) is 23.4 Å². The number of nitrogens with one attached hydrogen (secondary N) is 3. The van der Waals surface area contributed by atoms with Crippen LogP contribution < -0.4 is 11.0 Å². The normalized spacial score (nSPS) is 12.3. The number of hydrogen-bond acceptors (Lipinski definition) is 4. The lowest BCUT2D eigenvalue weighted by atomic mass is 10.2. The van der Waals surface area contributed by atoms with Gasteiger partial charge in [-0.05, 0) is 37.3 Å². The average molecular weight is 349 g/mol. The van der Waals surface area contributed by atoms with Crippen molar-refractivity contribution < 1.29 is 4.79 Å². The van der Waals surface area contributed by atoms with Gasteiger partial charge < -0.3 is 15.3 Å². The lowest BCUT2D eigenvalue weighted by molar-refractivity contribution is -0.115. The van der Waals surface area contributed by atoms with Crippen LogP contribution in [-0.2, 0) is 4.79 Å². The molecule has 118 valence electrons. The van der Waals surface area contributed by atoms with Gasteiger partial charge in [0.25, 0.3) is 0 Å². The van der Waals surface area contributed by atoms with Crippen molar-refractivity contribution in [2.24, 2.45) is 0 Å². The molecule has 0 unspecified atom stereocenters. The molecule has 23 heavy (non-hydrogen) atoms. The molecule has 0 aliphatic rings. The molecule has 0 aliphatic heterocycles. The fraction of sp³-hybridized carbons (Fsp3) is 0.133. The standard InChI is InChI=1S/C15H13ClN4O2S/c1-8(23-14-10(16)3-2-6-17-14)13(21)18-9-4-5-11-12(7-9)20-15(22)19-11/h2-8H,1H3,(H,18,21)(H2,19,20,22)/t8-/m0/s1. The first kappa shape index (κ1) is 15.6. The maximum atomic E-state index is 12.3. The molecule has 0 radical (unpaired) electrons. The third kappa shape index (κ3) is 3.57. The number of anilines is 1. The van der Waals surface area contributed by atoms with Crippen LogP contribution in [0.5, 0.6) is 0 Å². The third-order valence-corrected chi connectivity index (χ3v) is 4.70. The number of benzene rings is 1. The van der Waals surface area contributed by atoms with E-state index in [0.29, 0.717) is 26.8 Å². The highest BCUT2D eigenvalue weighted by atomic mass is 35.5. The topological polar surface area (TPSA) is 90.6 Å². The van der Waals surface area contributed by atoms with Gasteiger partial charge in [0, 0.05) is 11.9 Å². The number of imidazole rings is 1. The van der Waals surface area contributed by atoms with Crippen molar-refractivity contribution in [3.05, 3.63) is 52.0 Å². The van der Waals surface area contributed by atoms with E-state index in [1.807, 2.05) is 0 Å². The number of halogens is 1. The molecule has 8 heteroatoms. The largest absolute Gasteiger partial charge is 0.325 e. The maximum Gasteiger partial charge on any atom is 0.323 e. The minimum atomic E-state index is -0.372. The van der Waals surface area contributed by atoms with Crippen LogP contribution in [0.1, 0.15) is 6.92 Å². The molecule has 0 spiro atoms. The van der Waals surface area contributed by atoms with Gasteiger partial charge >= 0.3 is 5.69 Å². The quantitative estimate of drug-likeness (QED) is 0.632. The number of hydrogen-bond donors (Lipinski definition) is 3. The van der Waals surface area contributed by atoms with E-state index < -0.39 is 0 Å². The summed E-state index contributed by atoms with van der Waals surface area (Å²) in [4.78, 5) is 33.0. The van der Waals surface area contributed by atoms with Crippen LogP contribution in [0.2, 0.25) is 5.02 Å². The second-order valence-electron chi connectivity index (χ2n) is 4.88. The van der Waals surface area contributed by atoms with Gasteiger partial charge in [0.15, 0.2) is 0 Å². The first-order chi connectivity index (χ1) is 11.0. The zero-order valence-corrected chi connectivity index (χ0v) is 13.7. The lowest BCUT2D eigenvalue weighted by Gasteiger charge is -2.12. The van der Waals surface area contributed by atoms with E-state index in [-0.39, 0.29) is 16.8 Å². The van der Waals surface area contributed by atoms with Crippen molar-refractivity contribution in [2.75, 3.05) is 5.32 Å². The summed E-state index contributed by atoms with van der Waals surface area (Å²) in [6.45, 7) is 1.78. The van der Waals surface area contributed by atoms with Gasteiger partial charge in [-0.3, -0.25) is 4.79 Å². The Bertz CT molecular complexity index is 921. The monoisotopic (exact) mass is 348 g/mol. The molecule has 0 aliphatic carbocycles. The SMILES string of the molecule is C[C@H](Sc1ncccc1Cl)C(=O)Nc1ccc2[nH]c(=O)[nH]c2c1. The number of pyridine rings is 1. The Balaban J connectivity index is 1.72. The molecular weight excluding hydrogens is 336 g/mol. The Morgan fingerprint density at radius 2 is 2.09 bits per heavy atom. The van der Waals surface area contributed by atoms with E-state index in [0.717, 1.165) is 0 Å². The molecule has 0 saturated carbocycles. The Hall–Kier alpha value is -2.25. The number of aromatic amines is 2. The molecule has 2 heterocycles. The first-order valence-electron chi connectivity index (χ1n) is 6.83. The molecule has 3 aromatic rings. The summed E-state index contributed by atoms with van der Waals surface area (Å²) in [6.07, 6.45) is 1.63. The number of thioether (sulfide) groups is 1. The molecule has 0 saturated heterocycles. The van der Waals surface area contributed by atoms with E-state index >= 15 is 0 Å². The first-order valence-corrected chi connectivity index (χ1v) is 8.09. The van der Waals surface area contributed by atoms with Crippen LogP contribution >= 0.6 is 23.4 Å². The van der Waals surface area contributed by atoms with Gasteiger partial charge in [0.05, 0.1) is 21.3 Å². The number of nitrogens with zero attached hydrogens (tertiary/aromatic N) is 1. The number of aromatic nitrogens is 3. The lowest BCUT2D eigenvalue weighted by Crippen LogP contribution is -2.22. The summed E-state index contributed by atoms with van der Waals surface area (Å²) >= 11 is 7.33. The van der Waals surface area contributed by atoms with Gasteiger partial charge in [-0.15, -0.1) is 0 Å². The molecular formula is C15H13ClN4O2S. The number of fused-ring (bicyclic) bond motifs is 1. The van der Waals surface area contributed by atoms with Crippen molar-refractivity contribution in [2.45, 2.75) is 17.2 Å². The van der Waals surface area contributed by atoms with Crippen LogP contribution in [0.25, 0.3) is 11.0 Å². The van der Waals surface area contributed by atoms with Crippen LogP contribution in [-0.4, -0.2) is 26.1 Å². The fourth-order valence-electron chi connectivity index (χ4n) is 2.03. The van der Waals surface area contributed by atoms with Crippen molar-refractivity contribution in [1.82, 2.24) is 15.0 Å². The van der Waals surface area contributed by atoms with Crippen molar-refractivity contribution in [1.29, 1.82) is 0 Å². The van der Waals surface area contributed by atoms with E-state index in [9.17, 15) is 9.59 Å². The molecule has 0 bridgehead atoms. The summed E-state index contributed by atoms with van der Waals surface area (Å²) < 4.78 is 0. The van der Waals surface area contributed by atoms with Crippen LogP contribution in [0.4, 0.5) is 5.69 Å². The van der Waals surface area contributed by atoms with E-state index in [4.69, 9.17) is 11.6 Å². The number of carbonyl (C=O) groups is 1. The van der Waals surface area contributed by atoms with E-state index in [2.05, 4.69) is 20.3 Å². The van der Waals surface area contributed by atoms with Gasteiger partial charge in [0.2, 0.25) is 5.91 Å². The number of H-pyrrole nitrogens is 2. The average Bonchev–Trinajstić information content (AvgIpc) is 2.88. The Labute approximate surface area is 140 Å². The number of rotatable bonds is 4. The Morgan fingerprint density at radius 1 is 1.30 bits per heavy atom. The summed E-state index contributed by atoms with van der Waals surface area (Å²) in [5.74, 6) is -0.172. The van der Waals surface area contributed by atoms with Gasteiger partial charge in [-0.25, -0.2) is 9.78 Å². The molecule has 0 fully saturated rings. The third-order valence-electron chi connectivity index (χ3n) is 3.17. The van der Waals surface area contributed by atoms with E-state index in [1.54, 1.807) is 43.5 Å². The molecule has 1 amide bonds. The zero-order valence-electron chi connectivity index (χ0n) is 12.1. The summed E-state index contributed by atoms with van der Waals surface area (Å²) in [7, 11) is 0. The highest BCUT2D eigenvalue weighted by Crippen LogP contribution is 2.28. The van der Waals surface area contributed by atoms with E-state index in [1.165, 1.54) is 11.8 Å². The summed E-state index contributed by atoms with van der Waals surface area (Å²) in [5.41, 5.74) is 1.66. The number of amides is 1. The minimum Gasteiger partial charge on any atom is -0.325 e. The van der Waals surface area contributed by atoms with Crippen LogP contribution in [0, 0.1) is 0 Å². The fourth-order valence-corrected chi connectivity index (χ4v) is 3.09. The van der Waals surface area contributed by atoms with Crippen molar-refractivity contribution in [3.8, 4) is 0 Å². The smallest absolute Gasteiger partial charge is 0.323 e.